The molecular formula is C9H16ClNO. The molecule has 0 aromatic rings. The number of carbonyl (C=O) groups excluding carboxylic acids is 1. The first kappa shape index (κ1) is 9.85. The highest BCUT2D eigenvalue weighted by Crippen LogP contribution is 2.29. The zero-order valence-electron chi connectivity index (χ0n) is 7.64. The average molecular weight is 190 g/mol. The first-order valence-electron chi connectivity index (χ1n) is 4.51. The minimum atomic E-state index is 0.204. The van der Waals surface area contributed by atoms with Crippen LogP contribution in [0.25, 0.3) is 0 Å². The van der Waals surface area contributed by atoms with Crippen LogP contribution in [0.15, 0.2) is 0 Å². The number of hydrogen-bond donors (Lipinski definition) is 1. The Labute approximate surface area is 78.7 Å². The third-order valence-corrected chi connectivity index (χ3v) is 2.90. The second-order valence-corrected chi connectivity index (χ2v) is 4.01. The Bertz CT molecular complexity index is 168. The van der Waals surface area contributed by atoms with Crippen molar-refractivity contribution in [3.8, 4) is 0 Å². The van der Waals surface area contributed by atoms with Gasteiger partial charge in [-0.25, -0.2) is 0 Å². The fraction of sp³-hybridized carbons (Fsp3) is 0.889. The maximum Gasteiger partial charge on any atom is 0.223 e. The molecule has 3 heteroatoms. The molecule has 2 nitrogen and oxygen atoms in total. The molecule has 12 heavy (non-hydrogen) atoms. The van der Waals surface area contributed by atoms with Crippen molar-refractivity contribution in [3.63, 3.8) is 0 Å². The van der Waals surface area contributed by atoms with Crippen LogP contribution in [-0.2, 0) is 4.79 Å². The van der Waals surface area contributed by atoms with E-state index < -0.39 is 0 Å². The Kier molecular flexibility index (Phi) is 3.39. The molecule has 70 valence electrons. The minimum absolute atomic E-state index is 0.204. The Morgan fingerprint density at radius 2 is 2.17 bits per heavy atom. The van der Waals surface area contributed by atoms with Crippen molar-refractivity contribution in [2.24, 2.45) is 11.8 Å². The normalized spacial score (nSPS) is 21.6. The van der Waals surface area contributed by atoms with E-state index in [9.17, 15) is 4.79 Å². The quantitative estimate of drug-likeness (QED) is 0.672. The van der Waals surface area contributed by atoms with E-state index in [4.69, 9.17) is 11.6 Å². The van der Waals surface area contributed by atoms with Crippen molar-refractivity contribution < 1.29 is 4.79 Å². The maximum absolute atomic E-state index is 11.3. The van der Waals surface area contributed by atoms with Gasteiger partial charge in [-0.05, 0) is 25.7 Å². The summed E-state index contributed by atoms with van der Waals surface area (Å²) in [6, 6.07) is 0.204. The first-order chi connectivity index (χ1) is 5.65. The number of amides is 1. The fourth-order valence-electron chi connectivity index (χ4n) is 0.964. The van der Waals surface area contributed by atoms with Crippen LogP contribution >= 0.6 is 11.6 Å². The maximum atomic E-state index is 11.3. The van der Waals surface area contributed by atoms with Crippen LogP contribution in [0.5, 0.6) is 0 Å². The fourth-order valence-corrected chi connectivity index (χ4v) is 1.23. The van der Waals surface area contributed by atoms with E-state index in [0.29, 0.717) is 17.7 Å². The van der Waals surface area contributed by atoms with Gasteiger partial charge in [0.15, 0.2) is 0 Å². The smallest absolute Gasteiger partial charge is 0.223 e. The van der Waals surface area contributed by atoms with Crippen LogP contribution in [0.1, 0.15) is 26.7 Å². The van der Waals surface area contributed by atoms with E-state index in [-0.39, 0.29) is 11.9 Å². The number of alkyl halides is 1. The lowest BCUT2D eigenvalue weighted by Crippen LogP contribution is -2.38. The highest BCUT2D eigenvalue weighted by atomic mass is 35.5. The molecule has 0 saturated heterocycles. The highest BCUT2D eigenvalue weighted by molar-refractivity contribution is 6.18. The minimum Gasteiger partial charge on any atom is -0.353 e. The molecule has 2 unspecified atom stereocenters. The SMILES string of the molecule is CC(CCl)C(C)NC(=O)C1CC1. The van der Waals surface area contributed by atoms with Gasteiger partial charge in [0, 0.05) is 17.8 Å². The van der Waals surface area contributed by atoms with Crippen LogP contribution < -0.4 is 5.32 Å². The van der Waals surface area contributed by atoms with Crippen molar-refractivity contribution in [1.29, 1.82) is 0 Å². The summed E-state index contributed by atoms with van der Waals surface area (Å²) in [5.74, 6) is 1.47. The predicted molar refractivity (Wildman–Crippen MR) is 50.2 cm³/mol. The summed E-state index contributed by atoms with van der Waals surface area (Å²) in [6.07, 6.45) is 2.13. The average Bonchev–Trinajstić information content (AvgIpc) is 2.84. The molecule has 1 saturated carbocycles. The molecule has 0 radical (unpaired) electrons. The third-order valence-electron chi connectivity index (χ3n) is 2.42. The number of carbonyl (C=O) groups is 1. The van der Waals surface area contributed by atoms with E-state index in [0.717, 1.165) is 12.8 Å². The number of halogens is 1. The molecule has 0 bridgehead atoms. The van der Waals surface area contributed by atoms with Crippen LogP contribution in [0.4, 0.5) is 0 Å². The lowest BCUT2D eigenvalue weighted by atomic mass is 10.1. The molecule has 1 fully saturated rings. The summed E-state index contributed by atoms with van der Waals surface area (Å²) >= 11 is 5.67. The zero-order valence-corrected chi connectivity index (χ0v) is 8.40. The Balaban J connectivity index is 2.24. The molecule has 0 aliphatic heterocycles. The van der Waals surface area contributed by atoms with Crippen molar-refractivity contribution in [2.45, 2.75) is 32.7 Å². The van der Waals surface area contributed by atoms with Gasteiger partial charge in [-0.2, -0.15) is 0 Å². The molecule has 2 atom stereocenters. The van der Waals surface area contributed by atoms with Gasteiger partial charge >= 0.3 is 0 Å². The molecule has 0 aromatic heterocycles. The van der Waals surface area contributed by atoms with Crippen molar-refractivity contribution in [3.05, 3.63) is 0 Å². The van der Waals surface area contributed by atoms with Gasteiger partial charge in [0.05, 0.1) is 0 Å². The first-order valence-corrected chi connectivity index (χ1v) is 5.05. The molecule has 0 aromatic carbocycles. The van der Waals surface area contributed by atoms with Crippen LogP contribution in [0.3, 0.4) is 0 Å². The number of rotatable bonds is 4. The summed E-state index contributed by atoms with van der Waals surface area (Å²) in [4.78, 5) is 11.3. The Morgan fingerprint density at radius 1 is 1.58 bits per heavy atom. The van der Waals surface area contributed by atoms with Gasteiger partial charge in [-0.1, -0.05) is 6.92 Å². The van der Waals surface area contributed by atoms with E-state index in [2.05, 4.69) is 5.32 Å². The Hall–Kier alpha value is -0.240. The topological polar surface area (TPSA) is 29.1 Å². The Morgan fingerprint density at radius 3 is 2.58 bits per heavy atom. The van der Waals surface area contributed by atoms with Gasteiger partial charge in [-0.3, -0.25) is 4.79 Å². The monoisotopic (exact) mass is 189 g/mol. The second-order valence-electron chi connectivity index (χ2n) is 3.70. The summed E-state index contributed by atoms with van der Waals surface area (Å²) < 4.78 is 0. The lowest BCUT2D eigenvalue weighted by Gasteiger charge is -2.18. The predicted octanol–water partition coefficient (Wildman–Crippen LogP) is 1.78. The van der Waals surface area contributed by atoms with Gasteiger partial charge in [0.1, 0.15) is 0 Å². The summed E-state index contributed by atoms with van der Waals surface area (Å²) in [5.41, 5.74) is 0. The molecule has 1 aliphatic rings. The van der Waals surface area contributed by atoms with E-state index in [1.54, 1.807) is 0 Å². The molecule has 1 amide bonds. The molecule has 1 rings (SSSR count). The molecule has 0 spiro atoms. The van der Waals surface area contributed by atoms with Crippen molar-refractivity contribution in [1.82, 2.24) is 5.32 Å². The summed E-state index contributed by atoms with van der Waals surface area (Å²) in [5, 5.41) is 2.97. The van der Waals surface area contributed by atoms with E-state index in [1.165, 1.54) is 0 Å². The van der Waals surface area contributed by atoms with E-state index >= 15 is 0 Å². The number of hydrogen-bond acceptors (Lipinski definition) is 1. The molecule has 1 aliphatic carbocycles. The summed E-state index contributed by atoms with van der Waals surface area (Å²) in [6.45, 7) is 4.05. The van der Waals surface area contributed by atoms with E-state index in [1.807, 2.05) is 13.8 Å². The number of nitrogens with one attached hydrogen (secondary N) is 1. The van der Waals surface area contributed by atoms with Crippen LogP contribution in [0.2, 0.25) is 0 Å². The molecule has 0 heterocycles. The van der Waals surface area contributed by atoms with Gasteiger partial charge in [0.2, 0.25) is 5.91 Å². The largest absolute Gasteiger partial charge is 0.353 e. The van der Waals surface area contributed by atoms with Crippen molar-refractivity contribution >= 4 is 17.5 Å². The zero-order chi connectivity index (χ0) is 9.14. The molecule has 1 N–H and O–H groups in total. The van der Waals surface area contributed by atoms with Crippen molar-refractivity contribution in [2.75, 3.05) is 5.88 Å². The van der Waals surface area contributed by atoms with Gasteiger partial charge in [-0.15, -0.1) is 11.6 Å². The molecular weight excluding hydrogens is 174 g/mol. The summed E-state index contributed by atoms with van der Waals surface area (Å²) in [7, 11) is 0. The third kappa shape index (κ3) is 2.67. The van der Waals surface area contributed by atoms with Crippen LogP contribution in [0, 0.1) is 11.8 Å². The van der Waals surface area contributed by atoms with Gasteiger partial charge in [0.25, 0.3) is 0 Å². The van der Waals surface area contributed by atoms with Crippen LogP contribution in [-0.4, -0.2) is 17.8 Å². The second kappa shape index (κ2) is 4.13. The lowest BCUT2D eigenvalue weighted by molar-refractivity contribution is -0.123. The highest BCUT2D eigenvalue weighted by Gasteiger charge is 2.30. The standard InChI is InChI=1S/C9H16ClNO/c1-6(5-10)7(2)11-9(12)8-3-4-8/h6-8H,3-5H2,1-2H3,(H,11,12). The van der Waals surface area contributed by atoms with Gasteiger partial charge < -0.3 is 5.32 Å².